The van der Waals surface area contributed by atoms with E-state index >= 15 is 0 Å². The maximum atomic E-state index is 12.8. The molecule has 0 N–H and O–H groups in total. The summed E-state index contributed by atoms with van der Waals surface area (Å²) in [5.74, 6) is -0.463. The largest absolute Gasteiger partial charge is 0.451 e. The van der Waals surface area contributed by atoms with E-state index in [2.05, 4.69) is 0 Å². The molecule has 25 heavy (non-hydrogen) atoms. The van der Waals surface area contributed by atoms with Crippen LogP contribution in [0.3, 0.4) is 0 Å². The van der Waals surface area contributed by atoms with Gasteiger partial charge in [-0.2, -0.15) is 0 Å². The van der Waals surface area contributed by atoms with Gasteiger partial charge < -0.3 is 13.8 Å². The Morgan fingerprint density at radius 2 is 1.68 bits per heavy atom. The van der Waals surface area contributed by atoms with Crippen molar-refractivity contribution in [2.75, 3.05) is 6.61 Å². The van der Waals surface area contributed by atoms with E-state index in [0.29, 0.717) is 6.42 Å². The van der Waals surface area contributed by atoms with E-state index in [1.165, 1.54) is 12.0 Å². The molecule has 0 unspecified atom stereocenters. The van der Waals surface area contributed by atoms with Crippen LogP contribution in [0.4, 0.5) is 0 Å². The van der Waals surface area contributed by atoms with Gasteiger partial charge in [0.15, 0.2) is 12.1 Å². The van der Waals surface area contributed by atoms with Crippen molar-refractivity contribution in [2.45, 2.75) is 23.9 Å². The van der Waals surface area contributed by atoms with Crippen molar-refractivity contribution in [1.29, 1.82) is 0 Å². The molecular weight excluding hydrogens is 338 g/mol. The average molecular weight is 355 g/mol. The van der Waals surface area contributed by atoms with Crippen LogP contribution in [0.2, 0.25) is 0 Å². The number of β-lactam (4-membered cyclic amide) rings is 1. The highest BCUT2D eigenvalue weighted by Crippen LogP contribution is 2.37. The van der Waals surface area contributed by atoms with Gasteiger partial charge in [0.1, 0.15) is 5.37 Å². The maximum absolute atomic E-state index is 12.8. The van der Waals surface area contributed by atoms with Crippen LogP contribution in [0.25, 0.3) is 0 Å². The molecule has 0 saturated carbocycles. The summed E-state index contributed by atoms with van der Waals surface area (Å²) in [5, 5.41) is -0.0781. The molecule has 0 spiro atoms. The topological polar surface area (TPSA) is 55.8 Å². The molecule has 128 valence electrons. The average Bonchev–Trinajstić information content (AvgIpc) is 2.66. The lowest BCUT2D eigenvalue weighted by Gasteiger charge is -2.46. The van der Waals surface area contributed by atoms with Gasteiger partial charge in [0.25, 0.3) is 0 Å². The SMILES string of the molecule is O=C(OC(c1ccccc1)c1ccccc1)[C@H]1COS[C@@H]2CC(=O)N12. The quantitative estimate of drug-likeness (QED) is 0.479. The Bertz CT molecular complexity index is 728. The Morgan fingerprint density at radius 3 is 2.24 bits per heavy atom. The second kappa shape index (κ2) is 6.90. The smallest absolute Gasteiger partial charge is 0.332 e. The zero-order valence-electron chi connectivity index (χ0n) is 13.4. The summed E-state index contributed by atoms with van der Waals surface area (Å²) in [7, 11) is 0. The fraction of sp³-hybridized carbons (Fsp3) is 0.263. The number of ether oxygens (including phenoxy) is 1. The first-order chi connectivity index (χ1) is 12.2. The minimum Gasteiger partial charge on any atom is -0.451 e. The third kappa shape index (κ3) is 3.15. The van der Waals surface area contributed by atoms with E-state index in [1.807, 2.05) is 60.7 Å². The van der Waals surface area contributed by atoms with Crippen molar-refractivity contribution >= 4 is 23.9 Å². The van der Waals surface area contributed by atoms with Crippen LogP contribution in [-0.4, -0.2) is 34.8 Å². The second-order valence-corrected chi connectivity index (χ2v) is 6.97. The van der Waals surface area contributed by atoms with E-state index < -0.39 is 18.1 Å². The summed E-state index contributed by atoms with van der Waals surface area (Å²) in [5.41, 5.74) is 1.78. The third-order valence-electron chi connectivity index (χ3n) is 4.40. The molecule has 0 bridgehead atoms. The predicted octanol–water partition coefficient (Wildman–Crippen LogP) is 2.92. The van der Waals surface area contributed by atoms with E-state index in [-0.39, 0.29) is 17.9 Å². The van der Waals surface area contributed by atoms with Crippen LogP contribution in [0, 0.1) is 0 Å². The number of hydrogen-bond acceptors (Lipinski definition) is 5. The van der Waals surface area contributed by atoms with Crippen molar-refractivity contribution in [2.24, 2.45) is 0 Å². The number of hydrogen-bond donors (Lipinski definition) is 0. The fourth-order valence-corrected chi connectivity index (χ4v) is 4.01. The molecule has 2 aromatic rings. The number of benzene rings is 2. The van der Waals surface area contributed by atoms with Crippen LogP contribution in [0.5, 0.6) is 0 Å². The first-order valence-corrected chi connectivity index (χ1v) is 8.94. The standard InChI is InChI=1S/C19H17NO4S/c21-16-11-17-20(16)15(12-23-25-17)19(22)24-18(13-7-3-1-4-8-13)14-9-5-2-6-10-14/h1-10,15,17-18H,11-12H2/t15-,17-/m1/s1. The second-order valence-electron chi connectivity index (χ2n) is 5.99. The zero-order chi connectivity index (χ0) is 17.2. The van der Waals surface area contributed by atoms with Crippen LogP contribution < -0.4 is 0 Å². The number of rotatable bonds is 4. The summed E-state index contributed by atoms with van der Waals surface area (Å²) >= 11 is 1.25. The Hall–Kier alpha value is -2.31. The Labute approximate surface area is 150 Å². The molecule has 2 aromatic carbocycles. The number of nitrogens with zero attached hydrogens (tertiary/aromatic N) is 1. The van der Waals surface area contributed by atoms with Crippen molar-refractivity contribution < 1.29 is 18.5 Å². The number of carbonyl (C=O) groups excluding carboxylic acids is 2. The van der Waals surface area contributed by atoms with Crippen molar-refractivity contribution in [3.05, 3.63) is 71.8 Å². The summed E-state index contributed by atoms with van der Waals surface area (Å²) < 4.78 is 11.2. The van der Waals surface area contributed by atoms with E-state index in [9.17, 15) is 9.59 Å². The Kier molecular flexibility index (Phi) is 4.46. The van der Waals surface area contributed by atoms with Crippen molar-refractivity contribution in [1.82, 2.24) is 4.90 Å². The van der Waals surface area contributed by atoms with Gasteiger partial charge in [0.05, 0.1) is 13.0 Å². The monoisotopic (exact) mass is 355 g/mol. The first kappa shape index (κ1) is 16.2. The fourth-order valence-electron chi connectivity index (χ4n) is 3.08. The lowest BCUT2D eigenvalue weighted by Crippen LogP contribution is -2.62. The van der Waals surface area contributed by atoms with E-state index in [1.54, 1.807) is 4.90 Å². The van der Waals surface area contributed by atoms with Crippen LogP contribution >= 0.6 is 12.0 Å². The molecule has 0 aromatic heterocycles. The summed E-state index contributed by atoms with van der Waals surface area (Å²) in [6.07, 6.45) is -0.103. The van der Waals surface area contributed by atoms with Gasteiger partial charge in [-0.1, -0.05) is 60.7 Å². The molecule has 2 aliphatic heterocycles. The highest BCUT2D eigenvalue weighted by atomic mass is 32.2. The Balaban J connectivity index is 1.58. The molecule has 0 aliphatic carbocycles. The van der Waals surface area contributed by atoms with Gasteiger partial charge in [-0.05, 0) is 11.1 Å². The summed E-state index contributed by atoms with van der Waals surface area (Å²) in [4.78, 5) is 26.2. The molecule has 2 aliphatic rings. The minimum atomic E-state index is -0.678. The van der Waals surface area contributed by atoms with Crippen LogP contribution in [-0.2, 0) is 18.5 Å². The van der Waals surface area contributed by atoms with Gasteiger partial charge in [-0.15, -0.1) is 0 Å². The van der Waals surface area contributed by atoms with Gasteiger partial charge in [0, 0.05) is 12.0 Å². The first-order valence-electron chi connectivity index (χ1n) is 8.14. The van der Waals surface area contributed by atoms with Gasteiger partial charge in [0.2, 0.25) is 5.91 Å². The van der Waals surface area contributed by atoms with E-state index in [0.717, 1.165) is 11.1 Å². The molecule has 2 fully saturated rings. The van der Waals surface area contributed by atoms with Crippen LogP contribution in [0.1, 0.15) is 23.7 Å². The third-order valence-corrected chi connectivity index (χ3v) is 5.29. The molecule has 0 radical (unpaired) electrons. The minimum absolute atomic E-state index is 0.0290. The number of esters is 1. The Morgan fingerprint density at radius 1 is 1.08 bits per heavy atom. The summed E-state index contributed by atoms with van der Waals surface area (Å²) in [6, 6.07) is 18.5. The molecule has 2 atom stereocenters. The molecular formula is C19H17NO4S. The summed E-state index contributed by atoms with van der Waals surface area (Å²) in [6.45, 7) is 0.155. The molecule has 1 amide bonds. The van der Waals surface area contributed by atoms with Gasteiger partial charge >= 0.3 is 5.97 Å². The van der Waals surface area contributed by atoms with Gasteiger partial charge in [-0.3, -0.25) is 4.79 Å². The van der Waals surface area contributed by atoms with Crippen molar-refractivity contribution in [3.8, 4) is 0 Å². The number of carbonyl (C=O) groups is 2. The number of amides is 1. The highest BCUT2D eigenvalue weighted by Gasteiger charge is 2.48. The molecule has 2 heterocycles. The molecule has 5 nitrogen and oxygen atoms in total. The maximum Gasteiger partial charge on any atom is 0.332 e. The molecule has 4 rings (SSSR count). The van der Waals surface area contributed by atoms with E-state index in [4.69, 9.17) is 8.92 Å². The number of fused-ring (bicyclic) bond motifs is 1. The highest BCUT2D eigenvalue weighted by molar-refractivity contribution is 7.95. The molecule has 6 heteroatoms. The van der Waals surface area contributed by atoms with Crippen LogP contribution in [0.15, 0.2) is 60.7 Å². The van der Waals surface area contributed by atoms with Crippen molar-refractivity contribution in [3.63, 3.8) is 0 Å². The normalized spacial score (nSPS) is 22.3. The lowest BCUT2D eigenvalue weighted by molar-refractivity contribution is -0.167. The predicted molar refractivity (Wildman–Crippen MR) is 93.4 cm³/mol. The lowest BCUT2D eigenvalue weighted by atomic mass is 10.0. The zero-order valence-corrected chi connectivity index (χ0v) is 14.2. The van der Waals surface area contributed by atoms with Gasteiger partial charge in [-0.25, -0.2) is 4.79 Å². The molecule has 2 saturated heterocycles.